The van der Waals surface area contributed by atoms with Crippen molar-refractivity contribution < 1.29 is 55.4 Å². The third-order valence-corrected chi connectivity index (χ3v) is 9.86. The van der Waals surface area contributed by atoms with Gasteiger partial charge in [-0.05, 0) is 61.4 Å². The number of nitrogens with one attached hydrogen (secondary N) is 1. The van der Waals surface area contributed by atoms with Gasteiger partial charge >= 0.3 is 31.8 Å². The molecule has 47 heavy (non-hydrogen) atoms. The number of aryl methyl sites for hydroxylation is 1. The van der Waals surface area contributed by atoms with E-state index in [1.807, 2.05) is 5.32 Å². The molecule has 0 saturated carbocycles. The van der Waals surface area contributed by atoms with Crippen molar-refractivity contribution in [3.8, 4) is 11.1 Å². The van der Waals surface area contributed by atoms with E-state index in [-0.39, 0.29) is 36.1 Å². The molecule has 0 bridgehead atoms. The fourth-order valence-electron chi connectivity index (χ4n) is 4.99. The second-order valence-corrected chi connectivity index (χ2v) is 12.4. The number of carbonyl (C=O) groups is 3. The number of rotatable bonds is 15. The largest absolute Gasteiger partial charge is 0.465 e. The standard InChI is InChI=1S/C33H37F3NO9P/c1-5-45-47(41,46-6-2)32(33(34,35)36,37-31(40)44-22-23-14-9-7-10-15-23)19-13-16-24-20-26(25-17-11-8-12-18-25)28(30(39)43-4)27(21-24)29(38)42-3/h7-12,14-15,17-18,20-21H,5-6,13,16,19,22H2,1-4H3,(H,37,40). The van der Waals surface area contributed by atoms with Crippen molar-refractivity contribution in [2.24, 2.45) is 0 Å². The van der Waals surface area contributed by atoms with Gasteiger partial charge in [-0.25, -0.2) is 14.4 Å². The van der Waals surface area contributed by atoms with E-state index in [0.29, 0.717) is 16.7 Å². The summed E-state index contributed by atoms with van der Waals surface area (Å²) in [5.74, 6) is -1.69. The maximum absolute atomic E-state index is 15.1. The van der Waals surface area contributed by atoms with Gasteiger partial charge in [0.2, 0.25) is 5.28 Å². The summed E-state index contributed by atoms with van der Waals surface area (Å²) in [6.07, 6.45) is -8.23. The van der Waals surface area contributed by atoms with E-state index in [4.69, 9.17) is 23.3 Å². The van der Waals surface area contributed by atoms with Crippen molar-refractivity contribution >= 4 is 25.6 Å². The van der Waals surface area contributed by atoms with Gasteiger partial charge in [-0.3, -0.25) is 9.88 Å². The Bertz CT molecular complexity index is 1560. The molecular formula is C33H37F3NO9P. The van der Waals surface area contributed by atoms with Crippen molar-refractivity contribution in [2.75, 3.05) is 27.4 Å². The zero-order valence-electron chi connectivity index (χ0n) is 26.4. The summed E-state index contributed by atoms with van der Waals surface area (Å²) in [6.45, 7) is 1.53. The summed E-state index contributed by atoms with van der Waals surface area (Å²) >= 11 is 0. The van der Waals surface area contributed by atoms with Crippen LogP contribution >= 0.6 is 7.60 Å². The molecule has 0 radical (unpaired) electrons. The Kier molecular flexibility index (Phi) is 13.1. The molecule has 0 heterocycles. The molecule has 1 N–H and O–H groups in total. The van der Waals surface area contributed by atoms with Crippen LogP contribution in [-0.2, 0) is 40.9 Å². The third-order valence-electron chi connectivity index (χ3n) is 7.14. The van der Waals surface area contributed by atoms with Crippen LogP contribution in [0.5, 0.6) is 0 Å². The van der Waals surface area contributed by atoms with E-state index < -0.39 is 56.7 Å². The summed E-state index contributed by atoms with van der Waals surface area (Å²) < 4.78 is 84.6. The molecule has 14 heteroatoms. The molecule has 1 atom stereocenters. The number of ether oxygens (including phenoxy) is 3. The van der Waals surface area contributed by atoms with Crippen LogP contribution in [0.1, 0.15) is 58.5 Å². The number of amides is 1. The van der Waals surface area contributed by atoms with E-state index in [2.05, 4.69) is 0 Å². The van der Waals surface area contributed by atoms with Crippen molar-refractivity contribution in [1.82, 2.24) is 5.32 Å². The lowest BCUT2D eigenvalue weighted by Crippen LogP contribution is -2.59. The van der Waals surface area contributed by atoms with Gasteiger partial charge in [-0.1, -0.05) is 66.7 Å². The van der Waals surface area contributed by atoms with Crippen molar-refractivity contribution in [3.63, 3.8) is 0 Å². The molecule has 0 saturated heterocycles. The number of hydrogen-bond donors (Lipinski definition) is 1. The highest BCUT2D eigenvalue weighted by atomic mass is 31.2. The Morgan fingerprint density at radius 1 is 0.809 bits per heavy atom. The molecule has 1 unspecified atom stereocenters. The zero-order chi connectivity index (χ0) is 34.7. The second-order valence-electron chi connectivity index (χ2n) is 10.1. The number of carbonyl (C=O) groups excluding carboxylic acids is 3. The van der Waals surface area contributed by atoms with Crippen LogP contribution in [0.15, 0.2) is 72.8 Å². The van der Waals surface area contributed by atoms with Crippen LogP contribution in [0.2, 0.25) is 0 Å². The Morgan fingerprint density at radius 3 is 1.91 bits per heavy atom. The first-order valence-electron chi connectivity index (χ1n) is 14.7. The number of hydrogen-bond acceptors (Lipinski definition) is 9. The SMILES string of the molecule is CCOP(=O)(OCC)C(CCCc1cc(C(=O)OC)c(C(=O)OC)c(-c2ccccc2)c1)(NC(=O)OCc1ccccc1)C(F)(F)F. The summed E-state index contributed by atoms with van der Waals surface area (Å²) in [5, 5.41) is -1.69. The summed E-state index contributed by atoms with van der Waals surface area (Å²) in [6, 6.07) is 19.7. The topological polar surface area (TPSA) is 126 Å². The predicted octanol–water partition coefficient (Wildman–Crippen LogP) is 7.70. The minimum atomic E-state index is -5.33. The smallest absolute Gasteiger partial charge is 0.423 e. The Labute approximate surface area is 271 Å². The molecular weight excluding hydrogens is 642 g/mol. The minimum absolute atomic E-state index is 0.0843. The van der Waals surface area contributed by atoms with Gasteiger partial charge in [-0.15, -0.1) is 0 Å². The van der Waals surface area contributed by atoms with E-state index in [1.165, 1.54) is 19.9 Å². The van der Waals surface area contributed by atoms with Crippen molar-refractivity contribution in [1.29, 1.82) is 0 Å². The zero-order valence-corrected chi connectivity index (χ0v) is 27.3. The van der Waals surface area contributed by atoms with Crippen molar-refractivity contribution in [3.05, 3.63) is 95.1 Å². The number of benzene rings is 3. The summed E-state index contributed by atoms with van der Waals surface area (Å²) in [4.78, 5) is 38.5. The number of methoxy groups -OCH3 is 2. The van der Waals surface area contributed by atoms with E-state index in [9.17, 15) is 18.9 Å². The summed E-state index contributed by atoms with van der Waals surface area (Å²) in [7, 11) is -2.87. The molecule has 3 aromatic carbocycles. The molecule has 0 aliphatic carbocycles. The monoisotopic (exact) mass is 679 g/mol. The maximum atomic E-state index is 15.1. The lowest BCUT2D eigenvalue weighted by Gasteiger charge is -2.40. The molecule has 10 nitrogen and oxygen atoms in total. The molecule has 1 amide bonds. The minimum Gasteiger partial charge on any atom is -0.465 e. The van der Waals surface area contributed by atoms with Crippen LogP contribution in [0.25, 0.3) is 11.1 Å². The normalized spacial score (nSPS) is 12.9. The molecule has 3 aromatic rings. The van der Waals surface area contributed by atoms with Crippen LogP contribution < -0.4 is 5.32 Å². The van der Waals surface area contributed by atoms with Gasteiger partial charge in [-0.2, -0.15) is 13.2 Å². The molecule has 0 aliphatic heterocycles. The van der Waals surface area contributed by atoms with Crippen LogP contribution in [0.4, 0.5) is 18.0 Å². The highest BCUT2D eigenvalue weighted by Gasteiger charge is 2.69. The highest BCUT2D eigenvalue weighted by Crippen LogP contribution is 2.66. The lowest BCUT2D eigenvalue weighted by molar-refractivity contribution is -0.177. The quantitative estimate of drug-likeness (QED) is 0.0977. The first-order chi connectivity index (χ1) is 22.4. The van der Waals surface area contributed by atoms with E-state index in [1.54, 1.807) is 66.7 Å². The average Bonchev–Trinajstić information content (AvgIpc) is 3.06. The van der Waals surface area contributed by atoms with E-state index in [0.717, 1.165) is 14.2 Å². The lowest BCUT2D eigenvalue weighted by atomic mass is 9.91. The first kappa shape index (κ1) is 37.3. The number of halogens is 3. The number of alkyl halides is 3. The highest BCUT2D eigenvalue weighted by molar-refractivity contribution is 7.55. The fraction of sp³-hybridized carbons (Fsp3) is 0.364. The fourth-order valence-corrected chi connectivity index (χ4v) is 7.16. The number of alkyl carbamates (subject to hydrolysis) is 1. The predicted molar refractivity (Wildman–Crippen MR) is 167 cm³/mol. The van der Waals surface area contributed by atoms with Crippen LogP contribution in [-0.4, -0.2) is 56.9 Å². The average molecular weight is 680 g/mol. The molecule has 0 fully saturated rings. The van der Waals surface area contributed by atoms with Crippen LogP contribution in [0, 0.1) is 0 Å². The van der Waals surface area contributed by atoms with Gasteiger partial charge in [0, 0.05) is 0 Å². The van der Waals surface area contributed by atoms with Gasteiger partial charge in [0.05, 0.1) is 38.6 Å². The first-order valence-corrected chi connectivity index (χ1v) is 16.2. The molecule has 0 aliphatic rings. The maximum Gasteiger partial charge on any atom is 0.423 e. The van der Waals surface area contributed by atoms with Crippen molar-refractivity contribution in [2.45, 2.75) is 51.2 Å². The third kappa shape index (κ3) is 8.79. The second kappa shape index (κ2) is 16.6. The van der Waals surface area contributed by atoms with Gasteiger partial charge in [0.25, 0.3) is 0 Å². The van der Waals surface area contributed by atoms with E-state index >= 15 is 13.2 Å². The summed E-state index contributed by atoms with van der Waals surface area (Å²) in [5.41, 5.74) is 1.44. The van der Waals surface area contributed by atoms with Gasteiger partial charge < -0.3 is 23.3 Å². The molecule has 0 spiro atoms. The molecule has 254 valence electrons. The Hall–Kier alpha value is -4.19. The Balaban J connectivity index is 2.06. The van der Waals surface area contributed by atoms with Crippen LogP contribution in [0.3, 0.4) is 0 Å². The van der Waals surface area contributed by atoms with Gasteiger partial charge in [0.15, 0.2) is 0 Å². The van der Waals surface area contributed by atoms with Gasteiger partial charge in [0.1, 0.15) is 6.61 Å². The molecule has 0 aromatic heterocycles. The number of esters is 2. The molecule has 3 rings (SSSR count). The Morgan fingerprint density at radius 2 is 1.38 bits per heavy atom.